The molecule has 0 radical (unpaired) electrons. The number of likely N-dealkylation sites (tertiary alicyclic amines) is 1. The number of carbonyl (C=O) groups is 1. The van der Waals surface area contributed by atoms with E-state index >= 15 is 0 Å². The molecule has 4 heterocycles. The second-order valence-corrected chi connectivity index (χ2v) is 7.65. The van der Waals surface area contributed by atoms with Crippen LogP contribution in [0.25, 0.3) is 5.65 Å². The molecule has 1 amide bonds. The minimum Gasteiger partial charge on any atom is -0.506 e. The molecule has 1 aromatic carbocycles. The van der Waals surface area contributed by atoms with Gasteiger partial charge in [0.05, 0.1) is 6.20 Å². The number of nitrogens with one attached hydrogen (secondary N) is 1. The van der Waals surface area contributed by atoms with Gasteiger partial charge in [-0.05, 0) is 42.5 Å². The molecule has 27 heavy (non-hydrogen) atoms. The number of benzene rings is 1. The van der Waals surface area contributed by atoms with Crippen LogP contribution in [0.5, 0.6) is 5.75 Å². The van der Waals surface area contributed by atoms with E-state index in [2.05, 4.69) is 34.6 Å². The van der Waals surface area contributed by atoms with E-state index in [-0.39, 0.29) is 17.2 Å². The Morgan fingerprint density at radius 1 is 1.07 bits per heavy atom. The van der Waals surface area contributed by atoms with Crippen molar-refractivity contribution in [1.82, 2.24) is 19.6 Å². The molecule has 6 heteroatoms. The molecular formula is C21H22N4O2. The number of aromatic nitrogens is 2. The van der Waals surface area contributed by atoms with Gasteiger partial charge in [-0.25, -0.2) is 4.98 Å². The third kappa shape index (κ3) is 2.86. The van der Waals surface area contributed by atoms with E-state index in [1.54, 1.807) is 28.9 Å². The highest BCUT2D eigenvalue weighted by molar-refractivity contribution is 5.93. The summed E-state index contributed by atoms with van der Waals surface area (Å²) in [6.07, 6.45) is 6.17. The quantitative estimate of drug-likeness (QED) is 0.697. The van der Waals surface area contributed by atoms with Gasteiger partial charge in [0.15, 0.2) is 0 Å². The number of nitrogens with zero attached hydrogens (tertiary/aromatic N) is 3. The van der Waals surface area contributed by atoms with Crippen molar-refractivity contribution in [3.05, 3.63) is 65.6 Å². The van der Waals surface area contributed by atoms with E-state index in [1.807, 2.05) is 4.90 Å². The number of fused-ring (bicyclic) bond motifs is 2. The molecule has 6 nitrogen and oxygen atoms in total. The smallest absolute Gasteiger partial charge is 0.274 e. The molecule has 0 bridgehead atoms. The SMILES string of the molecule is O=C(c1cn2cc(O)ccc2n1)N1CCC2(CC1)Cc1ccccc1CN2. The highest BCUT2D eigenvalue weighted by atomic mass is 16.3. The summed E-state index contributed by atoms with van der Waals surface area (Å²) in [7, 11) is 0. The topological polar surface area (TPSA) is 69.9 Å². The molecule has 138 valence electrons. The third-order valence-electron chi connectivity index (χ3n) is 5.96. The van der Waals surface area contributed by atoms with Crippen LogP contribution >= 0.6 is 0 Å². The number of amides is 1. The highest BCUT2D eigenvalue weighted by Crippen LogP contribution is 2.32. The van der Waals surface area contributed by atoms with Crippen LogP contribution in [-0.2, 0) is 13.0 Å². The molecule has 1 fully saturated rings. The Bertz CT molecular complexity index is 1020. The molecule has 2 aliphatic rings. The van der Waals surface area contributed by atoms with E-state index in [0.29, 0.717) is 11.3 Å². The van der Waals surface area contributed by atoms with E-state index in [4.69, 9.17) is 0 Å². The van der Waals surface area contributed by atoms with E-state index < -0.39 is 0 Å². The first-order valence-electron chi connectivity index (χ1n) is 9.41. The Labute approximate surface area is 157 Å². The van der Waals surface area contributed by atoms with Gasteiger partial charge in [0, 0.05) is 31.4 Å². The second-order valence-electron chi connectivity index (χ2n) is 7.65. The van der Waals surface area contributed by atoms with Gasteiger partial charge in [0.2, 0.25) is 0 Å². The summed E-state index contributed by atoms with van der Waals surface area (Å²) in [5, 5.41) is 13.3. The summed E-state index contributed by atoms with van der Waals surface area (Å²) in [6, 6.07) is 11.9. The molecule has 1 spiro atoms. The number of imidazole rings is 1. The zero-order valence-corrected chi connectivity index (χ0v) is 15.1. The molecule has 1 saturated heterocycles. The summed E-state index contributed by atoms with van der Waals surface area (Å²) in [5.74, 6) is 0.117. The molecule has 0 aliphatic carbocycles. The van der Waals surface area contributed by atoms with Crippen molar-refractivity contribution < 1.29 is 9.90 Å². The Kier molecular flexibility index (Phi) is 3.68. The predicted octanol–water partition coefficient (Wildman–Crippen LogP) is 2.36. The molecule has 2 aromatic heterocycles. The number of hydrogen-bond donors (Lipinski definition) is 2. The average molecular weight is 362 g/mol. The van der Waals surface area contributed by atoms with Crippen LogP contribution in [0.4, 0.5) is 0 Å². The van der Waals surface area contributed by atoms with Gasteiger partial charge in [-0.1, -0.05) is 24.3 Å². The maximum atomic E-state index is 12.9. The zero-order valence-electron chi connectivity index (χ0n) is 15.1. The summed E-state index contributed by atoms with van der Waals surface area (Å²) in [4.78, 5) is 19.2. The monoisotopic (exact) mass is 362 g/mol. The van der Waals surface area contributed by atoms with Crippen LogP contribution in [0.1, 0.15) is 34.5 Å². The van der Waals surface area contributed by atoms with Crippen molar-refractivity contribution >= 4 is 11.6 Å². The van der Waals surface area contributed by atoms with Crippen molar-refractivity contribution in [2.75, 3.05) is 13.1 Å². The molecule has 0 saturated carbocycles. The van der Waals surface area contributed by atoms with E-state index in [9.17, 15) is 9.90 Å². The molecule has 2 N–H and O–H groups in total. The van der Waals surface area contributed by atoms with Gasteiger partial charge in [-0.3, -0.25) is 4.79 Å². The van der Waals surface area contributed by atoms with Crippen LogP contribution in [0.15, 0.2) is 48.8 Å². The van der Waals surface area contributed by atoms with E-state index in [1.165, 1.54) is 11.1 Å². The number of pyridine rings is 1. The number of piperidine rings is 1. The Morgan fingerprint density at radius 2 is 1.85 bits per heavy atom. The number of rotatable bonds is 1. The van der Waals surface area contributed by atoms with Crippen molar-refractivity contribution in [3.63, 3.8) is 0 Å². The molecule has 0 unspecified atom stereocenters. The summed E-state index contributed by atoms with van der Waals surface area (Å²) >= 11 is 0. The fraction of sp³-hybridized carbons (Fsp3) is 0.333. The number of carbonyl (C=O) groups excluding carboxylic acids is 1. The fourth-order valence-corrected chi connectivity index (χ4v) is 4.35. The zero-order chi connectivity index (χ0) is 18.4. The maximum absolute atomic E-state index is 12.9. The van der Waals surface area contributed by atoms with Gasteiger partial charge in [0.1, 0.15) is 17.1 Å². The van der Waals surface area contributed by atoms with E-state index in [0.717, 1.165) is 38.9 Å². The van der Waals surface area contributed by atoms with Crippen LogP contribution in [0.2, 0.25) is 0 Å². The van der Waals surface area contributed by atoms with Crippen LogP contribution in [0, 0.1) is 0 Å². The lowest BCUT2D eigenvalue weighted by atomic mass is 9.78. The first-order valence-corrected chi connectivity index (χ1v) is 9.41. The fourth-order valence-electron chi connectivity index (χ4n) is 4.35. The largest absolute Gasteiger partial charge is 0.506 e. The van der Waals surface area contributed by atoms with Crippen LogP contribution < -0.4 is 5.32 Å². The molecule has 0 atom stereocenters. The Morgan fingerprint density at radius 3 is 2.67 bits per heavy atom. The lowest BCUT2D eigenvalue weighted by Gasteiger charge is -2.45. The lowest BCUT2D eigenvalue weighted by molar-refractivity contribution is 0.0626. The van der Waals surface area contributed by atoms with Crippen molar-refractivity contribution in [2.24, 2.45) is 0 Å². The van der Waals surface area contributed by atoms with Crippen LogP contribution in [-0.4, -0.2) is 43.9 Å². The van der Waals surface area contributed by atoms with Crippen LogP contribution in [0.3, 0.4) is 0 Å². The third-order valence-corrected chi connectivity index (χ3v) is 5.96. The summed E-state index contributed by atoms with van der Waals surface area (Å²) in [5.41, 5.74) is 4.00. The van der Waals surface area contributed by atoms with Gasteiger partial charge in [-0.2, -0.15) is 0 Å². The van der Waals surface area contributed by atoms with Crippen molar-refractivity contribution in [1.29, 1.82) is 0 Å². The Balaban J connectivity index is 1.30. The average Bonchev–Trinajstić information content (AvgIpc) is 3.11. The first-order chi connectivity index (χ1) is 13.1. The number of aromatic hydroxyl groups is 1. The lowest BCUT2D eigenvalue weighted by Crippen LogP contribution is -2.57. The Hall–Kier alpha value is -2.86. The van der Waals surface area contributed by atoms with Gasteiger partial charge >= 0.3 is 0 Å². The van der Waals surface area contributed by atoms with Crippen molar-refractivity contribution in [3.8, 4) is 5.75 Å². The van der Waals surface area contributed by atoms with Gasteiger partial charge in [0.25, 0.3) is 5.91 Å². The normalized spacial score (nSPS) is 18.6. The standard InChI is InChI=1S/C21H22N4O2/c26-17-5-6-19-23-18(14-25(19)13-17)20(27)24-9-7-21(8-10-24)11-15-3-1-2-4-16(15)12-22-21/h1-6,13-14,22,26H,7-12H2. The first kappa shape index (κ1) is 16.3. The summed E-state index contributed by atoms with van der Waals surface area (Å²) in [6.45, 7) is 2.36. The minimum absolute atomic E-state index is 0.0377. The van der Waals surface area contributed by atoms with Crippen molar-refractivity contribution in [2.45, 2.75) is 31.3 Å². The molecule has 5 rings (SSSR count). The second kappa shape index (κ2) is 6.09. The predicted molar refractivity (Wildman–Crippen MR) is 102 cm³/mol. The maximum Gasteiger partial charge on any atom is 0.274 e. The van der Waals surface area contributed by atoms with Gasteiger partial charge in [-0.15, -0.1) is 0 Å². The molecule has 2 aliphatic heterocycles. The number of hydrogen-bond acceptors (Lipinski definition) is 4. The van der Waals surface area contributed by atoms with Gasteiger partial charge < -0.3 is 19.7 Å². The minimum atomic E-state index is -0.0377. The molecular weight excluding hydrogens is 340 g/mol. The molecule has 3 aromatic rings. The highest BCUT2D eigenvalue weighted by Gasteiger charge is 2.38. The summed E-state index contributed by atoms with van der Waals surface area (Å²) < 4.78 is 1.69.